The van der Waals surface area contributed by atoms with Gasteiger partial charge in [-0.3, -0.25) is 9.69 Å². The molecule has 1 rings (SSSR count). The lowest BCUT2D eigenvalue weighted by Gasteiger charge is -2.32. The second-order valence-electron chi connectivity index (χ2n) is 4.00. The van der Waals surface area contributed by atoms with Gasteiger partial charge in [0.25, 0.3) is 0 Å². The number of allylic oxidation sites excluding steroid dienone is 1. The smallest absolute Gasteiger partial charge is 0.308 e. The summed E-state index contributed by atoms with van der Waals surface area (Å²) in [5, 5.41) is 0. The third-order valence-electron chi connectivity index (χ3n) is 2.73. The molecular weight excluding hydrogens is 206 g/mol. The first-order chi connectivity index (χ1) is 7.76. The standard InChI is InChI=1S/C12H21NO3/c1-3-4-5-6-13-7-8-16-11(10-13)9-12(14)15-2/h3,11H,1,4-10H2,2H3. The fourth-order valence-corrected chi connectivity index (χ4v) is 1.84. The number of carbonyl (C=O) groups is 1. The average molecular weight is 227 g/mol. The van der Waals surface area contributed by atoms with Gasteiger partial charge in [0.1, 0.15) is 0 Å². The van der Waals surface area contributed by atoms with Crippen molar-refractivity contribution >= 4 is 5.97 Å². The maximum Gasteiger partial charge on any atom is 0.308 e. The van der Waals surface area contributed by atoms with Crippen molar-refractivity contribution in [1.29, 1.82) is 0 Å². The van der Waals surface area contributed by atoms with Gasteiger partial charge in [-0.05, 0) is 19.4 Å². The van der Waals surface area contributed by atoms with Crippen molar-refractivity contribution in [3.8, 4) is 0 Å². The van der Waals surface area contributed by atoms with Crippen LogP contribution in [0.5, 0.6) is 0 Å². The molecule has 0 N–H and O–H groups in total. The van der Waals surface area contributed by atoms with Crippen molar-refractivity contribution < 1.29 is 14.3 Å². The summed E-state index contributed by atoms with van der Waals surface area (Å²) in [7, 11) is 1.41. The van der Waals surface area contributed by atoms with Crippen molar-refractivity contribution in [1.82, 2.24) is 4.90 Å². The number of carbonyl (C=O) groups excluding carboxylic acids is 1. The van der Waals surface area contributed by atoms with Crippen LogP contribution in [0.25, 0.3) is 0 Å². The van der Waals surface area contributed by atoms with Crippen LogP contribution in [0.3, 0.4) is 0 Å². The summed E-state index contributed by atoms with van der Waals surface area (Å²) >= 11 is 0. The molecule has 0 aromatic carbocycles. The van der Waals surface area contributed by atoms with E-state index >= 15 is 0 Å². The van der Waals surface area contributed by atoms with Crippen LogP contribution in [0.2, 0.25) is 0 Å². The zero-order valence-corrected chi connectivity index (χ0v) is 9.98. The molecule has 0 aromatic heterocycles. The van der Waals surface area contributed by atoms with E-state index in [1.54, 1.807) is 0 Å². The summed E-state index contributed by atoms with van der Waals surface area (Å²) in [4.78, 5) is 13.4. The number of methoxy groups -OCH3 is 1. The first kappa shape index (κ1) is 13.2. The fourth-order valence-electron chi connectivity index (χ4n) is 1.84. The quantitative estimate of drug-likeness (QED) is 0.388. The highest BCUT2D eigenvalue weighted by Crippen LogP contribution is 2.10. The fraction of sp³-hybridized carbons (Fsp3) is 0.750. The monoisotopic (exact) mass is 227 g/mol. The minimum Gasteiger partial charge on any atom is -0.469 e. The van der Waals surface area contributed by atoms with E-state index in [1.807, 2.05) is 6.08 Å². The number of rotatable bonds is 6. The van der Waals surface area contributed by atoms with Gasteiger partial charge in [-0.25, -0.2) is 0 Å². The van der Waals surface area contributed by atoms with Crippen molar-refractivity contribution in [2.24, 2.45) is 0 Å². The number of unbranched alkanes of at least 4 members (excludes halogenated alkanes) is 1. The molecule has 0 aromatic rings. The van der Waals surface area contributed by atoms with Crippen LogP contribution in [-0.2, 0) is 14.3 Å². The Morgan fingerprint density at radius 1 is 1.69 bits per heavy atom. The molecule has 1 atom stereocenters. The van der Waals surface area contributed by atoms with Crippen LogP contribution in [-0.4, -0.2) is 50.3 Å². The molecule has 0 spiro atoms. The van der Waals surface area contributed by atoms with Gasteiger partial charge in [0, 0.05) is 13.1 Å². The average Bonchev–Trinajstić information content (AvgIpc) is 2.30. The predicted octanol–water partition coefficient (Wildman–Crippen LogP) is 1.22. The lowest BCUT2D eigenvalue weighted by molar-refractivity contribution is -0.145. The van der Waals surface area contributed by atoms with Gasteiger partial charge < -0.3 is 9.47 Å². The molecule has 1 heterocycles. The van der Waals surface area contributed by atoms with E-state index in [0.717, 1.165) is 32.5 Å². The zero-order chi connectivity index (χ0) is 11.8. The molecule has 1 aliphatic rings. The molecule has 0 radical (unpaired) electrons. The van der Waals surface area contributed by atoms with E-state index in [0.29, 0.717) is 13.0 Å². The predicted molar refractivity (Wildman–Crippen MR) is 62.2 cm³/mol. The molecule has 1 aliphatic heterocycles. The summed E-state index contributed by atoms with van der Waals surface area (Å²) < 4.78 is 10.2. The Morgan fingerprint density at radius 3 is 3.19 bits per heavy atom. The summed E-state index contributed by atoms with van der Waals surface area (Å²) in [6.07, 6.45) is 4.44. The normalized spacial score (nSPS) is 21.7. The lowest BCUT2D eigenvalue weighted by atomic mass is 10.2. The van der Waals surface area contributed by atoms with Crippen molar-refractivity contribution in [3.63, 3.8) is 0 Å². The van der Waals surface area contributed by atoms with Gasteiger partial charge >= 0.3 is 5.97 Å². The number of esters is 1. The molecular formula is C12H21NO3. The van der Waals surface area contributed by atoms with Gasteiger partial charge in [-0.15, -0.1) is 6.58 Å². The second kappa shape index (κ2) is 7.41. The van der Waals surface area contributed by atoms with E-state index in [1.165, 1.54) is 7.11 Å². The summed E-state index contributed by atoms with van der Waals surface area (Å²) in [5.41, 5.74) is 0. The Balaban J connectivity index is 2.23. The van der Waals surface area contributed by atoms with E-state index in [9.17, 15) is 4.79 Å². The van der Waals surface area contributed by atoms with Crippen LogP contribution in [0, 0.1) is 0 Å². The van der Waals surface area contributed by atoms with E-state index in [-0.39, 0.29) is 12.1 Å². The van der Waals surface area contributed by atoms with Gasteiger partial charge in [-0.2, -0.15) is 0 Å². The molecule has 1 fully saturated rings. The van der Waals surface area contributed by atoms with Crippen LogP contribution < -0.4 is 0 Å². The maximum absolute atomic E-state index is 11.1. The van der Waals surface area contributed by atoms with Gasteiger partial charge in [0.15, 0.2) is 0 Å². The highest BCUT2D eigenvalue weighted by molar-refractivity contribution is 5.69. The Morgan fingerprint density at radius 2 is 2.50 bits per heavy atom. The second-order valence-corrected chi connectivity index (χ2v) is 4.00. The topological polar surface area (TPSA) is 38.8 Å². The number of ether oxygens (including phenoxy) is 2. The first-order valence-electron chi connectivity index (χ1n) is 5.78. The summed E-state index contributed by atoms with van der Waals surface area (Å²) in [5.74, 6) is -0.196. The Bertz CT molecular complexity index is 230. The molecule has 4 heteroatoms. The lowest BCUT2D eigenvalue weighted by Crippen LogP contribution is -2.43. The van der Waals surface area contributed by atoms with Crippen LogP contribution in [0.1, 0.15) is 19.3 Å². The minimum absolute atomic E-state index is 0.00932. The number of morpholine rings is 1. The molecule has 1 unspecified atom stereocenters. The largest absolute Gasteiger partial charge is 0.469 e. The van der Waals surface area contributed by atoms with Gasteiger partial charge in [0.2, 0.25) is 0 Å². The number of hydrogen-bond acceptors (Lipinski definition) is 4. The van der Waals surface area contributed by atoms with E-state index in [4.69, 9.17) is 4.74 Å². The van der Waals surface area contributed by atoms with Crippen LogP contribution >= 0.6 is 0 Å². The Hall–Kier alpha value is -0.870. The Kier molecular flexibility index (Phi) is 6.11. The van der Waals surface area contributed by atoms with Gasteiger partial charge in [-0.1, -0.05) is 6.08 Å². The zero-order valence-electron chi connectivity index (χ0n) is 9.98. The van der Waals surface area contributed by atoms with Gasteiger partial charge in [0.05, 0.1) is 26.2 Å². The highest BCUT2D eigenvalue weighted by atomic mass is 16.5. The van der Waals surface area contributed by atoms with Crippen LogP contribution in [0.4, 0.5) is 0 Å². The highest BCUT2D eigenvalue weighted by Gasteiger charge is 2.22. The van der Waals surface area contributed by atoms with Crippen molar-refractivity contribution in [2.75, 3.05) is 33.4 Å². The Labute approximate surface area is 97.2 Å². The molecule has 0 amide bonds. The minimum atomic E-state index is -0.196. The van der Waals surface area contributed by atoms with E-state index in [2.05, 4.69) is 16.2 Å². The molecule has 0 bridgehead atoms. The number of nitrogens with zero attached hydrogens (tertiary/aromatic N) is 1. The van der Waals surface area contributed by atoms with Crippen molar-refractivity contribution in [2.45, 2.75) is 25.4 Å². The molecule has 4 nitrogen and oxygen atoms in total. The first-order valence-corrected chi connectivity index (χ1v) is 5.78. The molecule has 92 valence electrons. The molecule has 0 aliphatic carbocycles. The maximum atomic E-state index is 11.1. The molecule has 0 saturated carbocycles. The number of hydrogen-bond donors (Lipinski definition) is 0. The third kappa shape index (κ3) is 4.77. The summed E-state index contributed by atoms with van der Waals surface area (Å²) in [6, 6.07) is 0. The molecule has 1 saturated heterocycles. The third-order valence-corrected chi connectivity index (χ3v) is 2.73. The van der Waals surface area contributed by atoms with Crippen molar-refractivity contribution in [3.05, 3.63) is 12.7 Å². The SMILES string of the molecule is C=CCCCN1CCOC(CC(=O)OC)C1. The summed E-state index contributed by atoms with van der Waals surface area (Å²) in [6.45, 7) is 7.24. The van der Waals surface area contributed by atoms with Crippen LogP contribution in [0.15, 0.2) is 12.7 Å². The van der Waals surface area contributed by atoms with E-state index < -0.39 is 0 Å². The molecule has 16 heavy (non-hydrogen) atoms.